The van der Waals surface area contributed by atoms with Gasteiger partial charge in [0.2, 0.25) is 5.91 Å². The zero-order valence-corrected chi connectivity index (χ0v) is 28.3. The number of benzene rings is 5. The second-order valence-corrected chi connectivity index (χ2v) is 14.7. The molecule has 0 aromatic heterocycles. The first-order valence-electron chi connectivity index (χ1n) is 15.9. The molecule has 0 aliphatic rings. The smallest absolute Gasteiger partial charge is 0.329 e. The van der Waals surface area contributed by atoms with E-state index in [4.69, 9.17) is 4.74 Å². The van der Waals surface area contributed by atoms with Crippen molar-refractivity contribution in [3.63, 3.8) is 0 Å². The van der Waals surface area contributed by atoms with E-state index in [1.807, 2.05) is 66.7 Å². The maximum Gasteiger partial charge on any atom is 0.329 e. The van der Waals surface area contributed by atoms with Crippen LogP contribution in [0.5, 0.6) is 0 Å². The predicted molar refractivity (Wildman–Crippen MR) is 197 cm³/mol. The second kappa shape index (κ2) is 17.6. The van der Waals surface area contributed by atoms with Gasteiger partial charge in [0.15, 0.2) is 0 Å². The molecule has 0 radical (unpaired) electrons. The summed E-state index contributed by atoms with van der Waals surface area (Å²) in [4.78, 5) is 26.2. The molecule has 5 aromatic carbocycles. The van der Waals surface area contributed by atoms with Crippen molar-refractivity contribution in [3.8, 4) is 0 Å². The van der Waals surface area contributed by atoms with Crippen LogP contribution in [0.2, 0.25) is 0 Å². The van der Waals surface area contributed by atoms with Crippen LogP contribution in [0.25, 0.3) is 0 Å². The summed E-state index contributed by atoms with van der Waals surface area (Å²) >= 11 is 1.62. The summed E-state index contributed by atoms with van der Waals surface area (Å²) in [7, 11) is 0.876. The number of hydrogen-bond donors (Lipinski definition) is 2. The fourth-order valence-electron chi connectivity index (χ4n) is 5.72. The molecular weight excluding hydrogens is 619 g/mol. The zero-order chi connectivity index (χ0) is 32.7. The summed E-state index contributed by atoms with van der Waals surface area (Å²) in [6, 6.07) is 51.4. The number of carbonyl (C=O) groups excluding carboxylic acids is 2. The van der Waals surface area contributed by atoms with Crippen LogP contribution in [-0.4, -0.2) is 50.0 Å². The molecule has 0 unspecified atom stereocenters. The van der Waals surface area contributed by atoms with Crippen molar-refractivity contribution in [2.45, 2.75) is 17.2 Å². The maximum atomic E-state index is 13.2. The van der Waals surface area contributed by atoms with E-state index in [-0.39, 0.29) is 12.5 Å². The molecule has 47 heavy (non-hydrogen) atoms. The van der Waals surface area contributed by atoms with Gasteiger partial charge in [-0.25, -0.2) is 4.79 Å². The summed E-state index contributed by atoms with van der Waals surface area (Å²) < 4.78 is 4.55. The number of esters is 1. The molecule has 0 saturated heterocycles. The summed E-state index contributed by atoms with van der Waals surface area (Å²) in [6.07, 6.45) is 1.94. The average Bonchev–Trinajstić information content (AvgIpc) is 3.14. The molecule has 1 amide bonds. The SMILES string of the molecule is COC(=O)[C@H](CSC(c1ccccc1)(c1ccccc1)c1ccccc1)NC(=O)CNCCCP(c1ccccc1)c1ccccc1. The van der Waals surface area contributed by atoms with Crippen molar-refractivity contribution in [2.24, 2.45) is 0 Å². The lowest BCUT2D eigenvalue weighted by Gasteiger charge is -2.36. The van der Waals surface area contributed by atoms with E-state index in [0.29, 0.717) is 12.3 Å². The lowest BCUT2D eigenvalue weighted by molar-refractivity contribution is -0.144. The molecule has 5 rings (SSSR count). The van der Waals surface area contributed by atoms with Crippen molar-refractivity contribution in [2.75, 3.05) is 32.1 Å². The molecule has 0 heterocycles. The second-order valence-electron chi connectivity index (χ2n) is 11.1. The molecule has 0 aliphatic heterocycles. The lowest BCUT2D eigenvalue weighted by atomic mass is 9.84. The molecule has 0 fully saturated rings. The number of rotatable bonds is 16. The highest BCUT2D eigenvalue weighted by Crippen LogP contribution is 2.48. The van der Waals surface area contributed by atoms with Crippen LogP contribution in [0.4, 0.5) is 0 Å². The van der Waals surface area contributed by atoms with Gasteiger partial charge in [-0.1, -0.05) is 152 Å². The van der Waals surface area contributed by atoms with E-state index in [9.17, 15) is 9.59 Å². The molecule has 2 N–H and O–H groups in total. The third kappa shape index (κ3) is 8.99. The molecule has 0 spiro atoms. The number of amides is 1. The number of hydrogen-bond acceptors (Lipinski definition) is 5. The quantitative estimate of drug-likeness (QED) is 0.0549. The third-order valence-electron chi connectivity index (χ3n) is 7.98. The van der Waals surface area contributed by atoms with Crippen LogP contribution in [-0.2, 0) is 19.1 Å². The Kier molecular flexibility index (Phi) is 12.8. The number of thioether (sulfide) groups is 1. The van der Waals surface area contributed by atoms with E-state index in [1.165, 1.54) is 17.7 Å². The molecule has 1 atom stereocenters. The van der Waals surface area contributed by atoms with Crippen LogP contribution < -0.4 is 21.2 Å². The third-order valence-corrected chi connectivity index (χ3v) is 12.2. The van der Waals surface area contributed by atoms with Gasteiger partial charge in [0, 0.05) is 5.75 Å². The highest BCUT2D eigenvalue weighted by Gasteiger charge is 2.38. The van der Waals surface area contributed by atoms with Gasteiger partial charge in [-0.15, -0.1) is 11.8 Å². The van der Waals surface area contributed by atoms with E-state index in [2.05, 4.69) is 95.6 Å². The first-order chi connectivity index (χ1) is 23.1. The van der Waals surface area contributed by atoms with E-state index >= 15 is 0 Å². The van der Waals surface area contributed by atoms with Gasteiger partial charge < -0.3 is 15.4 Å². The van der Waals surface area contributed by atoms with Crippen molar-refractivity contribution in [3.05, 3.63) is 168 Å². The molecule has 7 heteroatoms. The number of ether oxygens (including phenoxy) is 1. The normalized spacial score (nSPS) is 12.0. The van der Waals surface area contributed by atoms with Crippen LogP contribution in [0, 0.1) is 0 Å². The molecule has 5 nitrogen and oxygen atoms in total. The van der Waals surface area contributed by atoms with Gasteiger partial charge in [0.1, 0.15) is 6.04 Å². The summed E-state index contributed by atoms with van der Waals surface area (Å²) in [5, 5.41) is 8.95. The van der Waals surface area contributed by atoms with Crippen LogP contribution in [0.1, 0.15) is 23.1 Å². The molecule has 5 aromatic rings. The Balaban J connectivity index is 1.24. The molecular formula is C40H41N2O3PS. The average molecular weight is 661 g/mol. The van der Waals surface area contributed by atoms with Crippen molar-refractivity contribution in [1.29, 1.82) is 0 Å². The van der Waals surface area contributed by atoms with Crippen molar-refractivity contribution in [1.82, 2.24) is 10.6 Å². The van der Waals surface area contributed by atoms with Gasteiger partial charge in [-0.2, -0.15) is 0 Å². The van der Waals surface area contributed by atoms with Gasteiger partial charge in [0.05, 0.1) is 18.4 Å². The molecule has 0 aliphatic carbocycles. The monoisotopic (exact) mass is 660 g/mol. The minimum atomic E-state index is -0.821. The Labute approximate surface area is 283 Å². The van der Waals surface area contributed by atoms with E-state index in [0.717, 1.165) is 29.3 Å². The Bertz CT molecular complexity index is 1520. The van der Waals surface area contributed by atoms with Gasteiger partial charge in [-0.05, 0) is 54.3 Å². The number of nitrogens with one attached hydrogen (secondary N) is 2. The first kappa shape index (κ1) is 34.1. The summed E-state index contributed by atoms with van der Waals surface area (Å²) in [5.74, 6) is -0.389. The standard InChI is InChI=1S/C40H41N2O3PS/c1-45-39(44)37(42-38(43)30-41-28-17-29-46(35-24-13-5-14-25-35)36-26-15-6-16-27-36)31-47-40(32-18-7-2-8-19-32,33-20-9-3-10-21-33)34-22-11-4-12-23-34/h2-16,18-27,37,41H,17,28-31H2,1H3,(H,42,43)/t37-/m0/s1. The minimum Gasteiger partial charge on any atom is -0.467 e. The van der Waals surface area contributed by atoms with E-state index in [1.54, 1.807) is 11.8 Å². The fourth-order valence-corrected chi connectivity index (χ4v) is 9.62. The highest BCUT2D eigenvalue weighted by molar-refractivity contribution is 8.00. The first-order valence-corrected chi connectivity index (χ1v) is 18.4. The fraction of sp³-hybridized carbons (Fsp3) is 0.200. The largest absolute Gasteiger partial charge is 0.467 e. The van der Waals surface area contributed by atoms with E-state index < -0.39 is 24.7 Å². The summed E-state index contributed by atoms with van der Waals surface area (Å²) in [5.41, 5.74) is 3.26. The van der Waals surface area contributed by atoms with Crippen LogP contribution >= 0.6 is 19.7 Å². The number of methoxy groups -OCH3 is 1. The predicted octanol–water partition coefficient (Wildman–Crippen LogP) is 6.48. The van der Waals surface area contributed by atoms with Crippen LogP contribution in [0.15, 0.2) is 152 Å². The summed E-state index contributed by atoms with van der Waals surface area (Å²) in [6.45, 7) is 0.816. The van der Waals surface area contributed by atoms with Gasteiger partial charge >= 0.3 is 5.97 Å². The Morgan fingerprint density at radius 3 is 1.53 bits per heavy atom. The minimum absolute atomic E-state index is 0.119. The topological polar surface area (TPSA) is 67.4 Å². The van der Waals surface area contributed by atoms with Crippen molar-refractivity contribution < 1.29 is 14.3 Å². The van der Waals surface area contributed by atoms with Crippen LogP contribution in [0.3, 0.4) is 0 Å². The Morgan fingerprint density at radius 2 is 1.11 bits per heavy atom. The lowest BCUT2D eigenvalue weighted by Crippen LogP contribution is -2.47. The highest BCUT2D eigenvalue weighted by atomic mass is 32.2. The molecule has 0 bridgehead atoms. The zero-order valence-electron chi connectivity index (χ0n) is 26.6. The molecule has 0 saturated carbocycles. The van der Waals surface area contributed by atoms with Crippen molar-refractivity contribution >= 4 is 42.2 Å². The maximum absolute atomic E-state index is 13.2. The van der Waals surface area contributed by atoms with Gasteiger partial charge in [-0.3, -0.25) is 4.79 Å². The van der Waals surface area contributed by atoms with Gasteiger partial charge in [0.25, 0.3) is 0 Å². The Hall–Kier alpha value is -4.22. The number of carbonyl (C=O) groups is 2. The molecule has 240 valence electrons. The Morgan fingerprint density at radius 1 is 0.681 bits per heavy atom.